The average Bonchev–Trinajstić information content (AvgIpc) is 3.18. The first-order valence-corrected chi connectivity index (χ1v) is 5.99. The average molecular weight is 249 g/mol. The molecule has 0 atom stereocenters. The fourth-order valence-corrected chi connectivity index (χ4v) is 2.31. The Morgan fingerprint density at radius 1 is 1.17 bits per heavy atom. The highest BCUT2D eigenvalue weighted by Gasteiger charge is 2.52. The van der Waals surface area contributed by atoms with Crippen LogP contribution in [0.15, 0.2) is 18.2 Å². The van der Waals surface area contributed by atoms with Crippen LogP contribution in [0, 0.1) is 0 Å². The Morgan fingerprint density at radius 2 is 1.78 bits per heavy atom. The summed E-state index contributed by atoms with van der Waals surface area (Å²) in [5.74, 6) is 1.52. The SMILES string of the molecule is COc1ccc(C2(C(=O)N(C)C)CC2)cc1OC. The van der Waals surface area contributed by atoms with E-state index in [9.17, 15) is 4.79 Å². The number of rotatable bonds is 4. The van der Waals surface area contributed by atoms with Gasteiger partial charge >= 0.3 is 0 Å². The van der Waals surface area contributed by atoms with Crippen molar-refractivity contribution in [1.82, 2.24) is 4.90 Å². The van der Waals surface area contributed by atoms with E-state index in [0.29, 0.717) is 11.5 Å². The van der Waals surface area contributed by atoms with Crippen molar-refractivity contribution in [2.45, 2.75) is 18.3 Å². The Balaban J connectivity index is 2.37. The number of carbonyl (C=O) groups excluding carboxylic acids is 1. The maximum Gasteiger partial charge on any atom is 0.232 e. The summed E-state index contributed by atoms with van der Waals surface area (Å²) in [5.41, 5.74) is 0.669. The molecule has 0 saturated heterocycles. The molecule has 1 amide bonds. The predicted molar refractivity (Wildman–Crippen MR) is 69.2 cm³/mol. The fraction of sp³-hybridized carbons (Fsp3) is 0.500. The number of ether oxygens (including phenoxy) is 2. The highest BCUT2D eigenvalue weighted by atomic mass is 16.5. The maximum absolute atomic E-state index is 12.2. The minimum atomic E-state index is -0.344. The van der Waals surface area contributed by atoms with Crippen molar-refractivity contribution in [1.29, 1.82) is 0 Å². The molecule has 1 fully saturated rings. The third-order valence-corrected chi connectivity index (χ3v) is 3.50. The van der Waals surface area contributed by atoms with Crippen molar-refractivity contribution in [3.63, 3.8) is 0 Å². The number of hydrogen-bond acceptors (Lipinski definition) is 3. The molecule has 0 aliphatic heterocycles. The lowest BCUT2D eigenvalue weighted by molar-refractivity contribution is -0.131. The summed E-state index contributed by atoms with van der Waals surface area (Å²) in [6.45, 7) is 0. The molecular formula is C14H19NO3. The number of likely N-dealkylation sites (N-methyl/N-ethyl adjacent to an activating group) is 1. The number of nitrogens with zero attached hydrogens (tertiary/aromatic N) is 1. The molecule has 2 rings (SSSR count). The van der Waals surface area contributed by atoms with Crippen molar-refractivity contribution in [3.8, 4) is 11.5 Å². The molecule has 4 heteroatoms. The van der Waals surface area contributed by atoms with Crippen LogP contribution in [0.2, 0.25) is 0 Å². The normalized spacial score (nSPS) is 16.0. The monoisotopic (exact) mass is 249 g/mol. The Labute approximate surface area is 107 Å². The van der Waals surface area contributed by atoms with Crippen LogP contribution in [0.5, 0.6) is 11.5 Å². The van der Waals surface area contributed by atoms with Gasteiger partial charge in [-0.25, -0.2) is 0 Å². The quantitative estimate of drug-likeness (QED) is 0.817. The van der Waals surface area contributed by atoms with Gasteiger partial charge in [0.2, 0.25) is 5.91 Å². The molecule has 0 spiro atoms. The lowest BCUT2D eigenvalue weighted by Crippen LogP contribution is -2.33. The zero-order chi connectivity index (χ0) is 13.3. The van der Waals surface area contributed by atoms with Gasteiger partial charge in [0.1, 0.15) is 0 Å². The van der Waals surface area contributed by atoms with E-state index in [0.717, 1.165) is 18.4 Å². The van der Waals surface area contributed by atoms with E-state index in [1.54, 1.807) is 33.2 Å². The molecule has 1 aliphatic rings. The molecule has 0 aromatic heterocycles. The molecule has 98 valence electrons. The minimum absolute atomic E-state index is 0.162. The van der Waals surface area contributed by atoms with Crippen molar-refractivity contribution < 1.29 is 14.3 Å². The van der Waals surface area contributed by atoms with E-state index in [1.807, 2.05) is 18.2 Å². The second-order valence-electron chi connectivity index (χ2n) is 4.85. The highest BCUT2D eigenvalue weighted by Crippen LogP contribution is 2.50. The Hall–Kier alpha value is -1.71. The second kappa shape index (κ2) is 4.52. The van der Waals surface area contributed by atoms with Gasteiger partial charge in [-0.3, -0.25) is 4.79 Å². The van der Waals surface area contributed by atoms with E-state index in [1.165, 1.54) is 0 Å². The topological polar surface area (TPSA) is 38.8 Å². The lowest BCUT2D eigenvalue weighted by Gasteiger charge is -2.21. The van der Waals surface area contributed by atoms with Crippen molar-refractivity contribution >= 4 is 5.91 Å². The van der Waals surface area contributed by atoms with E-state index < -0.39 is 0 Å². The van der Waals surface area contributed by atoms with Crippen LogP contribution in [-0.2, 0) is 10.2 Å². The maximum atomic E-state index is 12.2. The predicted octanol–water partition coefficient (Wildman–Crippen LogP) is 1.82. The summed E-state index contributed by atoms with van der Waals surface area (Å²) in [6, 6.07) is 5.72. The molecule has 1 aliphatic carbocycles. The van der Waals surface area contributed by atoms with Crippen molar-refractivity contribution in [2.24, 2.45) is 0 Å². The largest absolute Gasteiger partial charge is 0.493 e. The van der Waals surface area contributed by atoms with Gasteiger partial charge in [-0.1, -0.05) is 6.07 Å². The summed E-state index contributed by atoms with van der Waals surface area (Å²) < 4.78 is 10.5. The third kappa shape index (κ3) is 1.92. The van der Waals surface area contributed by atoms with Gasteiger partial charge in [0, 0.05) is 14.1 Å². The van der Waals surface area contributed by atoms with Crippen LogP contribution in [-0.4, -0.2) is 39.1 Å². The standard InChI is InChI=1S/C14H19NO3/c1-15(2)13(16)14(7-8-14)10-5-6-11(17-3)12(9-10)18-4/h5-6,9H,7-8H2,1-4H3. The van der Waals surface area contributed by atoms with Crippen LogP contribution < -0.4 is 9.47 Å². The van der Waals surface area contributed by atoms with E-state index in [2.05, 4.69) is 0 Å². The Bertz CT molecular complexity index is 464. The number of carbonyl (C=O) groups is 1. The van der Waals surface area contributed by atoms with E-state index in [-0.39, 0.29) is 11.3 Å². The molecule has 0 unspecified atom stereocenters. The number of benzene rings is 1. The summed E-state index contributed by atoms with van der Waals surface area (Å²) >= 11 is 0. The van der Waals surface area contributed by atoms with Gasteiger partial charge in [-0.2, -0.15) is 0 Å². The van der Waals surface area contributed by atoms with Crippen molar-refractivity contribution in [2.75, 3.05) is 28.3 Å². The summed E-state index contributed by atoms with van der Waals surface area (Å²) in [4.78, 5) is 13.9. The Kier molecular flexibility index (Phi) is 3.20. The molecule has 1 saturated carbocycles. The first kappa shape index (κ1) is 12.7. The Morgan fingerprint density at radius 3 is 2.22 bits per heavy atom. The molecule has 1 aromatic carbocycles. The second-order valence-corrected chi connectivity index (χ2v) is 4.85. The lowest BCUT2D eigenvalue weighted by atomic mass is 9.94. The molecular weight excluding hydrogens is 230 g/mol. The zero-order valence-corrected chi connectivity index (χ0v) is 11.3. The molecule has 0 N–H and O–H groups in total. The van der Waals surface area contributed by atoms with Gasteiger partial charge in [0.15, 0.2) is 11.5 Å². The molecule has 18 heavy (non-hydrogen) atoms. The molecule has 0 bridgehead atoms. The van der Waals surface area contributed by atoms with Crippen LogP contribution in [0.25, 0.3) is 0 Å². The molecule has 0 radical (unpaired) electrons. The zero-order valence-electron chi connectivity index (χ0n) is 11.3. The van der Waals surface area contributed by atoms with E-state index in [4.69, 9.17) is 9.47 Å². The van der Waals surface area contributed by atoms with Crippen LogP contribution >= 0.6 is 0 Å². The highest BCUT2D eigenvalue weighted by molar-refractivity contribution is 5.91. The van der Waals surface area contributed by atoms with Gasteiger partial charge in [0.25, 0.3) is 0 Å². The molecule has 1 aromatic rings. The smallest absolute Gasteiger partial charge is 0.232 e. The van der Waals surface area contributed by atoms with Gasteiger partial charge in [0.05, 0.1) is 19.6 Å². The van der Waals surface area contributed by atoms with Crippen LogP contribution in [0.4, 0.5) is 0 Å². The van der Waals surface area contributed by atoms with Gasteiger partial charge in [-0.05, 0) is 30.5 Å². The fourth-order valence-electron chi connectivity index (χ4n) is 2.31. The first-order chi connectivity index (χ1) is 8.55. The minimum Gasteiger partial charge on any atom is -0.493 e. The summed E-state index contributed by atoms with van der Waals surface area (Å²) in [7, 11) is 6.80. The van der Waals surface area contributed by atoms with Crippen LogP contribution in [0.1, 0.15) is 18.4 Å². The molecule has 4 nitrogen and oxygen atoms in total. The number of amides is 1. The first-order valence-electron chi connectivity index (χ1n) is 5.99. The summed E-state index contributed by atoms with van der Waals surface area (Å²) in [5, 5.41) is 0. The summed E-state index contributed by atoms with van der Waals surface area (Å²) in [6.07, 6.45) is 1.80. The number of methoxy groups -OCH3 is 2. The van der Waals surface area contributed by atoms with Crippen molar-refractivity contribution in [3.05, 3.63) is 23.8 Å². The van der Waals surface area contributed by atoms with Gasteiger partial charge in [-0.15, -0.1) is 0 Å². The third-order valence-electron chi connectivity index (χ3n) is 3.50. The van der Waals surface area contributed by atoms with E-state index >= 15 is 0 Å². The number of hydrogen-bond donors (Lipinski definition) is 0. The molecule has 0 heterocycles. The van der Waals surface area contributed by atoms with Crippen LogP contribution in [0.3, 0.4) is 0 Å². The van der Waals surface area contributed by atoms with Gasteiger partial charge < -0.3 is 14.4 Å².